The number of aromatic nitrogens is 2. The fourth-order valence-corrected chi connectivity index (χ4v) is 3.81. The van der Waals surface area contributed by atoms with Crippen molar-refractivity contribution in [1.29, 1.82) is 0 Å². The van der Waals surface area contributed by atoms with Gasteiger partial charge in [0.15, 0.2) is 5.76 Å². The Morgan fingerprint density at radius 3 is 2.81 bits per heavy atom. The molecule has 1 aromatic heterocycles. The number of carbonyl (C=O) groups is 1. The van der Waals surface area contributed by atoms with Gasteiger partial charge in [-0.05, 0) is 36.8 Å². The third-order valence-electron chi connectivity index (χ3n) is 4.60. The summed E-state index contributed by atoms with van der Waals surface area (Å²) in [5.41, 5.74) is 3.91. The van der Waals surface area contributed by atoms with Crippen molar-refractivity contribution < 1.29 is 9.53 Å². The molecule has 0 radical (unpaired) electrons. The smallest absolute Gasteiger partial charge is 0.294 e. The first-order valence-electron chi connectivity index (χ1n) is 7.98. The number of hydrogen-bond donors (Lipinski definition) is 1. The van der Waals surface area contributed by atoms with Gasteiger partial charge in [0, 0.05) is 11.3 Å². The Kier molecular flexibility index (Phi) is 4.13. The highest BCUT2D eigenvalue weighted by Crippen LogP contribution is 2.44. The Labute approximate surface area is 160 Å². The van der Waals surface area contributed by atoms with Crippen LogP contribution in [0.3, 0.4) is 0 Å². The second kappa shape index (κ2) is 6.34. The van der Waals surface area contributed by atoms with E-state index in [9.17, 15) is 4.79 Å². The topological polar surface area (TPSA) is 58.2 Å². The number of nitrogens with one attached hydrogen (secondary N) is 1. The first-order valence-corrected chi connectivity index (χ1v) is 8.74. The summed E-state index contributed by atoms with van der Waals surface area (Å²) in [6, 6.07) is 10.6. The molecule has 132 valence electrons. The number of halogens is 2. The van der Waals surface area contributed by atoms with Crippen LogP contribution in [0.4, 0.5) is 5.69 Å². The number of H-pyrrole nitrogens is 1. The second-order valence-electron chi connectivity index (χ2n) is 6.04. The molecule has 26 heavy (non-hydrogen) atoms. The zero-order valence-corrected chi connectivity index (χ0v) is 15.6. The molecule has 1 unspecified atom stereocenters. The number of imidazole rings is 1. The van der Waals surface area contributed by atoms with E-state index in [2.05, 4.69) is 9.97 Å². The average molecular weight is 388 g/mol. The van der Waals surface area contributed by atoms with Crippen molar-refractivity contribution in [2.45, 2.75) is 13.0 Å². The zero-order chi connectivity index (χ0) is 18.4. The lowest BCUT2D eigenvalue weighted by Gasteiger charge is -2.27. The maximum Gasteiger partial charge on any atom is 0.294 e. The number of nitrogens with zero attached hydrogens (tertiary/aromatic N) is 2. The molecule has 0 bridgehead atoms. The van der Waals surface area contributed by atoms with Crippen molar-refractivity contribution in [3.63, 3.8) is 0 Å². The Bertz CT molecular complexity index is 1060. The van der Waals surface area contributed by atoms with E-state index in [0.29, 0.717) is 21.5 Å². The van der Waals surface area contributed by atoms with Gasteiger partial charge in [0.05, 0.1) is 40.6 Å². The number of fused-ring (bicyclic) bond motifs is 1. The normalized spacial score (nSPS) is 17.5. The van der Waals surface area contributed by atoms with Gasteiger partial charge in [0.25, 0.3) is 5.91 Å². The summed E-state index contributed by atoms with van der Waals surface area (Å²) < 4.78 is 5.37. The number of methoxy groups -OCH3 is 1. The highest BCUT2D eigenvalue weighted by atomic mass is 35.5. The first-order chi connectivity index (χ1) is 12.5. The van der Waals surface area contributed by atoms with E-state index in [4.69, 9.17) is 27.9 Å². The number of ether oxygens (including phenoxy) is 1. The van der Waals surface area contributed by atoms with E-state index in [1.807, 2.05) is 37.3 Å². The monoisotopic (exact) mass is 387 g/mol. The highest BCUT2D eigenvalue weighted by Gasteiger charge is 2.41. The van der Waals surface area contributed by atoms with E-state index in [1.165, 1.54) is 7.11 Å². The molecular weight excluding hydrogens is 373 g/mol. The molecule has 1 N–H and O–H groups in total. The largest absolute Gasteiger partial charge is 0.491 e. The van der Waals surface area contributed by atoms with Crippen LogP contribution in [0.1, 0.15) is 18.5 Å². The molecule has 0 saturated heterocycles. The standard InChI is InChI=1S/C19H15Cl2N3O2/c1-10-17(12-4-3-5-13(20)16(12)21)24(19(25)18(10)26-2)11-6-7-14-15(8-11)23-9-22-14/h3-9,17H,1-2H3,(H,22,23). The number of rotatable bonds is 3. The summed E-state index contributed by atoms with van der Waals surface area (Å²) in [5.74, 6) is 0.0918. The maximum absolute atomic E-state index is 13.0. The van der Waals surface area contributed by atoms with Crippen molar-refractivity contribution in [1.82, 2.24) is 9.97 Å². The lowest BCUT2D eigenvalue weighted by Crippen LogP contribution is -2.30. The van der Waals surface area contributed by atoms with Crippen molar-refractivity contribution in [3.05, 3.63) is 69.7 Å². The van der Waals surface area contributed by atoms with Gasteiger partial charge >= 0.3 is 0 Å². The molecule has 0 fully saturated rings. The van der Waals surface area contributed by atoms with Gasteiger partial charge in [-0.3, -0.25) is 9.69 Å². The van der Waals surface area contributed by atoms with Crippen LogP contribution in [-0.2, 0) is 9.53 Å². The number of carbonyl (C=O) groups excluding carboxylic acids is 1. The van der Waals surface area contributed by atoms with Crippen molar-refractivity contribution in [3.8, 4) is 0 Å². The Balaban J connectivity index is 1.91. The van der Waals surface area contributed by atoms with Gasteiger partial charge in [-0.1, -0.05) is 35.3 Å². The van der Waals surface area contributed by atoms with E-state index in [-0.39, 0.29) is 5.91 Å². The number of benzene rings is 2. The third-order valence-corrected chi connectivity index (χ3v) is 5.44. The molecule has 2 aromatic carbocycles. The van der Waals surface area contributed by atoms with Gasteiger partial charge < -0.3 is 9.72 Å². The van der Waals surface area contributed by atoms with E-state index in [1.54, 1.807) is 17.3 Å². The summed E-state index contributed by atoms with van der Waals surface area (Å²) in [7, 11) is 1.49. The molecule has 5 nitrogen and oxygen atoms in total. The first kappa shape index (κ1) is 16.9. The number of hydrogen-bond acceptors (Lipinski definition) is 3. The molecule has 7 heteroatoms. The Hall–Kier alpha value is -2.50. The van der Waals surface area contributed by atoms with Crippen molar-refractivity contribution in [2.24, 2.45) is 0 Å². The van der Waals surface area contributed by atoms with Crippen LogP contribution < -0.4 is 4.90 Å². The third kappa shape index (κ3) is 2.47. The quantitative estimate of drug-likeness (QED) is 0.696. The molecule has 0 aliphatic carbocycles. The van der Waals surface area contributed by atoms with Crippen LogP contribution in [0.25, 0.3) is 11.0 Å². The minimum absolute atomic E-state index is 0.221. The van der Waals surface area contributed by atoms with Crippen LogP contribution >= 0.6 is 23.2 Å². The van der Waals surface area contributed by atoms with Crippen molar-refractivity contribution >= 4 is 45.8 Å². The Morgan fingerprint density at radius 1 is 1.23 bits per heavy atom. The van der Waals surface area contributed by atoms with E-state index in [0.717, 1.165) is 22.2 Å². The molecule has 4 rings (SSSR count). The van der Waals surface area contributed by atoms with Crippen molar-refractivity contribution in [2.75, 3.05) is 12.0 Å². The minimum atomic E-state index is -0.403. The highest BCUT2D eigenvalue weighted by molar-refractivity contribution is 6.42. The van der Waals surface area contributed by atoms with E-state index >= 15 is 0 Å². The molecular formula is C19H15Cl2N3O2. The maximum atomic E-state index is 13.0. The van der Waals surface area contributed by atoms with Crippen LogP contribution in [0.5, 0.6) is 0 Å². The molecule has 1 aliphatic rings. The molecule has 1 amide bonds. The zero-order valence-electron chi connectivity index (χ0n) is 14.1. The molecule has 3 aromatic rings. The molecule has 0 saturated carbocycles. The number of anilines is 1. The molecule has 1 atom stereocenters. The summed E-state index contributed by atoms with van der Waals surface area (Å²) in [4.78, 5) is 22.0. The summed E-state index contributed by atoms with van der Waals surface area (Å²) >= 11 is 12.7. The van der Waals surface area contributed by atoms with Gasteiger partial charge in [-0.2, -0.15) is 0 Å². The van der Waals surface area contributed by atoms with Crippen LogP contribution in [0.15, 0.2) is 54.1 Å². The summed E-state index contributed by atoms with van der Waals surface area (Å²) in [6.45, 7) is 1.87. The SMILES string of the molecule is COC1=C(C)C(c2cccc(Cl)c2Cl)N(c2ccc3[nH]cnc3c2)C1=O. The van der Waals surface area contributed by atoms with Gasteiger partial charge in [0.2, 0.25) is 0 Å². The summed E-state index contributed by atoms with van der Waals surface area (Å²) in [5, 5.41) is 0.868. The number of amides is 1. The van der Waals surface area contributed by atoms with Crippen LogP contribution in [-0.4, -0.2) is 23.0 Å². The number of aromatic amines is 1. The summed E-state index contributed by atoms with van der Waals surface area (Å²) in [6.07, 6.45) is 1.62. The predicted molar refractivity (Wildman–Crippen MR) is 102 cm³/mol. The molecule has 2 heterocycles. The predicted octanol–water partition coefficient (Wildman–Crippen LogP) is 4.88. The Morgan fingerprint density at radius 2 is 2.04 bits per heavy atom. The molecule has 1 aliphatic heterocycles. The van der Waals surface area contributed by atoms with Gasteiger partial charge in [-0.15, -0.1) is 0 Å². The van der Waals surface area contributed by atoms with Gasteiger partial charge in [-0.25, -0.2) is 4.98 Å². The fourth-order valence-electron chi connectivity index (χ4n) is 3.40. The fraction of sp³-hybridized carbons (Fsp3) is 0.158. The lowest BCUT2D eigenvalue weighted by molar-refractivity contribution is -0.117. The lowest BCUT2D eigenvalue weighted by atomic mass is 10.00. The molecule has 0 spiro atoms. The van der Waals surface area contributed by atoms with Gasteiger partial charge in [0.1, 0.15) is 0 Å². The van der Waals surface area contributed by atoms with Crippen LogP contribution in [0, 0.1) is 0 Å². The average Bonchev–Trinajstić information content (AvgIpc) is 3.19. The van der Waals surface area contributed by atoms with Crippen LogP contribution in [0.2, 0.25) is 10.0 Å². The van der Waals surface area contributed by atoms with E-state index < -0.39 is 6.04 Å². The minimum Gasteiger partial charge on any atom is -0.491 e. The second-order valence-corrected chi connectivity index (χ2v) is 6.83.